The Morgan fingerprint density at radius 3 is 1.55 bits per heavy atom. The number of hydrogen-bond donors (Lipinski definition) is 0. The van der Waals surface area contributed by atoms with Crippen LogP contribution in [-0.4, -0.2) is 60.1 Å². The van der Waals surface area contributed by atoms with Crippen LogP contribution in [0.2, 0.25) is 0 Å². The molecule has 4 nitrogen and oxygen atoms in total. The molecule has 212 valence electrons. The van der Waals surface area contributed by atoms with Gasteiger partial charge in [-0.25, -0.2) is 0 Å². The van der Waals surface area contributed by atoms with Crippen LogP contribution >= 0.6 is 0 Å². The highest BCUT2D eigenvalue weighted by atomic mass is 15.3. The minimum atomic E-state index is 0.177. The molecule has 4 bridgehead atoms. The van der Waals surface area contributed by atoms with Gasteiger partial charge in [-0.05, 0) is 87.0 Å². The van der Waals surface area contributed by atoms with Gasteiger partial charge >= 0.3 is 0 Å². The molecule has 7 aliphatic heterocycles. The number of piperidine rings is 2. The van der Waals surface area contributed by atoms with E-state index in [0.717, 1.165) is 13.1 Å². The maximum absolute atomic E-state index is 2.86. The zero-order valence-corrected chi connectivity index (χ0v) is 24.8. The van der Waals surface area contributed by atoms with Gasteiger partial charge in [0.1, 0.15) is 0 Å². The molecule has 8 atom stereocenters. The fraction of sp³-hybridized carbons (Fsp3) is 0.474. The molecule has 2 spiro atoms. The first-order valence-corrected chi connectivity index (χ1v) is 16.7. The van der Waals surface area contributed by atoms with Gasteiger partial charge in [0.05, 0.1) is 12.1 Å². The summed E-state index contributed by atoms with van der Waals surface area (Å²) >= 11 is 0. The molecule has 0 aromatic heterocycles. The van der Waals surface area contributed by atoms with E-state index in [9.17, 15) is 0 Å². The van der Waals surface area contributed by atoms with E-state index in [-0.39, 0.29) is 10.8 Å². The summed E-state index contributed by atoms with van der Waals surface area (Å²) in [6, 6.07) is 21.2. The number of para-hydroxylation sites is 2. The molecule has 8 unspecified atom stereocenters. The Balaban J connectivity index is 1.25. The lowest BCUT2D eigenvalue weighted by Crippen LogP contribution is -2.63. The van der Waals surface area contributed by atoms with Crippen molar-refractivity contribution >= 4 is 11.4 Å². The third kappa shape index (κ3) is 2.33. The van der Waals surface area contributed by atoms with Crippen LogP contribution in [0.4, 0.5) is 11.4 Å². The van der Waals surface area contributed by atoms with E-state index in [1.54, 1.807) is 33.4 Å². The molecule has 2 aromatic rings. The Morgan fingerprint density at radius 2 is 1.10 bits per heavy atom. The van der Waals surface area contributed by atoms with Crippen LogP contribution in [0.5, 0.6) is 0 Å². The Kier molecular flexibility index (Phi) is 4.19. The highest BCUT2D eigenvalue weighted by Gasteiger charge is 2.69. The third-order valence-corrected chi connectivity index (χ3v) is 13.9. The van der Waals surface area contributed by atoms with Crippen molar-refractivity contribution in [2.24, 2.45) is 11.8 Å². The molecule has 0 N–H and O–H groups in total. The maximum atomic E-state index is 2.86. The molecule has 0 amide bonds. The van der Waals surface area contributed by atoms with Gasteiger partial charge in [-0.15, -0.1) is 0 Å². The van der Waals surface area contributed by atoms with Crippen LogP contribution in [0.3, 0.4) is 0 Å². The van der Waals surface area contributed by atoms with E-state index in [4.69, 9.17) is 0 Å². The zero-order chi connectivity index (χ0) is 27.5. The number of allylic oxidation sites excluding steroid dienone is 2. The summed E-state index contributed by atoms with van der Waals surface area (Å²) in [5.41, 5.74) is 13.3. The minimum absolute atomic E-state index is 0.177. The zero-order valence-electron chi connectivity index (χ0n) is 24.8. The predicted molar refractivity (Wildman–Crippen MR) is 169 cm³/mol. The van der Waals surface area contributed by atoms with Gasteiger partial charge in [0.2, 0.25) is 0 Å². The Morgan fingerprint density at radius 1 is 0.643 bits per heavy atom. The predicted octanol–water partition coefficient (Wildman–Crippen LogP) is 6.13. The molecular weight excluding hydrogens is 512 g/mol. The summed E-state index contributed by atoms with van der Waals surface area (Å²) in [6.07, 6.45) is 15.5. The second-order valence-electron chi connectivity index (χ2n) is 14.8. The summed E-state index contributed by atoms with van der Waals surface area (Å²) < 4.78 is 0. The van der Waals surface area contributed by atoms with Crippen molar-refractivity contribution in [2.75, 3.05) is 36.0 Å². The Bertz CT molecular complexity index is 1590. The number of rotatable bonds is 0. The fourth-order valence-electron chi connectivity index (χ4n) is 12.5. The molecule has 42 heavy (non-hydrogen) atoms. The minimum Gasteiger partial charge on any atom is -0.339 e. The quantitative estimate of drug-likeness (QED) is 0.365. The van der Waals surface area contributed by atoms with Crippen molar-refractivity contribution in [3.63, 3.8) is 0 Å². The second kappa shape index (κ2) is 7.52. The lowest BCUT2D eigenvalue weighted by molar-refractivity contribution is 0.122. The first-order valence-electron chi connectivity index (χ1n) is 16.7. The SMILES string of the molecule is CC=C1CN2CCC34c5ccccc5N5C=C6C7CC8N(CCC89c8ccccc8N(C=C(C1CC23)C54)C69)CC7=CC. The van der Waals surface area contributed by atoms with E-state index in [2.05, 4.69) is 107 Å². The molecule has 2 saturated carbocycles. The molecule has 4 saturated heterocycles. The van der Waals surface area contributed by atoms with E-state index < -0.39 is 0 Å². The molecule has 0 radical (unpaired) electrons. The monoisotopic (exact) mass is 552 g/mol. The molecule has 7 heterocycles. The van der Waals surface area contributed by atoms with Crippen molar-refractivity contribution in [3.05, 3.63) is 107 Å². The van der Waals surface area contributed by atoms with Crippen LogP contribution in [0.25, 0.3) is 0 Å². The van der Waals surface area contributed by atoms with Gasteiger partial charge in [-0.2, -0.15) is 0 Å². The summed E-state index contributed by atoms with van der Waals surface area (Å²) in [6.45, 7) is 9.33. The number of nitrogens with zero attached hydrogens (tertiary/aromatic N) is 4. The number of anilines is 2. The maximum Gasteiger partial charge on any atom is 0.0681 e. The van der Waals surface area contributed by atoms with Crippen molar-refractivity contribution in [2.45, 2.75) is 74.5 Å². The summed E-state index contributed by atoms with van der Waals surface area (Å²) in [4.78, 5) is 11.4. The Hall–Kier alpha value is -3.08. The molecule has 4 heteroatoms. The van der Waals surface area contributed by atoms with E-state index >= 15 is 0 Å². The van der Waals surface area contributed by atoms with E-state index in [1.807, 2.05) is 0 Å². The molecule has 9 aliphatic rings. The van der Waals surface area contributed by atoms with Crippen LogP contribution < -0.4 is 9.80 Å². The van der Waals surface area contributed by atoms with Crippen molar-refractivity contribution in [3.8, 4) is 0 Å². The van der Waals surface area contributed by atoms with E-state index in [0.29, 0.717) is 36.0 Å². The van der Waals surface area contributed by atoms with Gasteiger partial charge in [0.25, 0.3) is 0 Å². The van der Waals surface area contributed by atoms with Crippen LogP contribution in [0, 0.1) is 11.8 Å². The van der Waals surface area contributed by atoms with Gasteiger partial charge in [-0.1, -0.05) is 59.7 Å². The van der Waals surface area contributed by atoms with Crippen LogP contribution in [-0.2, 0) is 10.8 Å². The Labute approximate surface area is 249 Å². The van der Waals surface area contributed by atoms with Crippen molar-refractivity contribution < 1.29 is 0 Å². The standard InChI is InChI=1S/C38H40N4/c1-3-23-19-39-15-13-37-29-9-5-8-12-32(29)42-22-28-26-18-34-38(14-16-40(34)20-24(26)4-2)30-10-6-7-11-31(30)41(36(28)38)21-27(35(37)42)25(23)17-33(37)39/h3-12,21-22,25-26,33-36H,13-20H2,1-2H3. The van der Waals surface area contributed by atoms with Crippen LogP contribution in [0.15, 0.2) is 95.4 Å². The first-order chi connectivity index (χ1) is 20.7. The normalized spacial score (nSPS) is 43.5. The highest BCUT2D eigenvalue weighted by Crippen LogP contribution is 2.67. The van der Waals surface area contributed by atoms with Gasteiger partial charge in [-0.3, -0.25) is 9.80 Å². The molecular formula is C38H40N4. The molecule has 2 aliphatic carbocycles. The third-order valence-electron chi connectivity index (χ3n) is 13.9. The first kappa shape index (κ1) is 23.4. The number of benzene rings is 2. The summed E-state index contributed by atoms with van der Waals surface area (Å²) in [5.74, 6) is 1.08. The summed E-state index contributed by atoms with van der Waals surface area (Å²) in [7, 11) is 0. The second-order valence-corrected chi connectivity index (χ2v) is 14.8. The average Bonchev–Trinajstić information content (AvgIpc) is 3.75. The van der Waals surface area contributed by atoms with Gasteiger partial charge in [0, 0.05) is 71.6 Å². The lowest BCUT2D eigenvalue weighted by atomic mass is 9.56. The van der Waals surface area contributed by atoms with Crippen LogP contribution in [0.1, 0.15) is 50.7 Å². The fourth-order valence-corrected chi connectivity index (χ4v) is 12.5. The molecule has 11 rings (SSSR count). The highest BCUT2D eigenvalue weighted by molar-refractivity contribution is 5.77. The van der Waals surface area contributed by atoms with E-state index in [1.165, 1.54) is 50.1 Å². The number of fused-ring (bicyclic) bond motifs is 8. The average molecular weight is 553 g/mol. The largest absolute Gasteiger partial charge is 0.339 e. The topological polar surface area (TPSA) is 13.0 Å². The lowest BCUT2D eigenvalue weighted by Gasteiger charge is -2.57. The summed E-state index contributed by atoms with van der Waals surface area (Å²) in [5, 5.41) is 0. The van der Waals surface area contributed by atoms with Crippen molar-refractivity contribution in [1.82, 2.24) is 9.80 Å². The van der Waals surface area contributed by atoms with Gasteiger partial charge in [0.15, 0.2) is 0 Å². The van der Waals surface area contributed by atoms with Crippen molar-refractivity contribution in [1.29, 1.82) is 0 Å². The smallest absolute Gasteiger partial charge is 0.0681 e. The molecule has 6 fully saturated rings. The molecule has 2 aromatic carbocycles. The number of hydrogen-bond acceptors (Lipinski definition) is 4. The van der Waals surface area contributed by atoms with Gasteiger partial charge < -0.3 is 9.80 Å².